The van der Waals surface area contributed by atoms with Crippen LogP contribution in [-0.4, -0.2) is 13.6 Å². The summed E-state index contributed by atoms with van der Waals surface area (Å²) in [6, 6.07) is 7.80. The van der Waals surface area contributed by atoms with E-state index in [1.807, 2.05) is 31.3 Å². The summed E-state index contributed by atoms with van der Waals surface area (Å²) in [6.07, 6.45) is 0. The Kier molecular flexibility index (Phi) is 3.72. The fraction of sp³-hybridized carbons (Fsp3) is 0.200. The molecule has 0 radical (unpaired) electrons. The molecule has 1 nitrogen and oxygen atoms in total. The Labute approximate surface area is 78.6 Å². The van der Waals surface area contributed by atoms with Crippen LogP contribution in [0.1, 0.15) is 5.56 Å². The summed E-state index contributed by atoms with van der Waals surface area (Å²) in [4.78, 5) is 0.967. The van der Waals surface area contributed by atoms with Crippen molar-refractivity contribution in [2.45, 2.75) is 4.90 Å². The largest absolute Gasteiger partial charge is 0.309 e. The molecule has 0 aliphatic heterocycles. The van der Waals surface area contributed by atoms with Crippen molar-refractivity contribution in [1.82, 2.24) is 5.32 Å². The molecule has 12 heavy (non-hydrogen) atoms. The number of hydrogen-bond acceptors (Lipinski definition) is 2. The number of rotatable bonds is 1. The van der Waals surface area contributed by atoms with Crippen molar-refractivity contribution in [3.63, 3.8) is 0 Å². The van der Waals surface area contributed by atoms with Crippen molar-refractivity contribution < 1.29 is 0 Å². The molecule has 2 heteroatoms. The molecule has 0 fully saturated rings. The minimum atomic E-state index is 0.725. The van der Waals surface area contributed by atoms with E-state index in [4.69, 9.17) is 0 Å². The van der Waals surface area contributed by atoms with Crippen LogP contribution in [0.2, 0.25) is 0 Å². The summed E-state index contributed by atoms with van der Waals surface area (Å²) in [5, 5.41) is 2.96. The van der Waals surface area contributed by atoms with Crippen LogP contribution in [0.3, 0.4) is 0 Å². The Balaban J connectivity index is 2.66. The van der Waals surface area contributed by atoms with Gasteiger partial charge in [0, 0.05) is 10.5 Å². The molecule has 0 spiro atoms. The van der Waals surface area contributed by atoms with E-state index in [9.17, 15) is 0 Å². The number of thiol groups is 1. The maximum absolute atomic E-state index is 4.18. The molecule has 62 valence electrons. The zero-order chi connectivity index (χ0) is 8.81. The average Bonchev–Trinajstić information content (AvgIpc) is 2.09. The number of benzene rings is 1. The van der Waals surface area contributed by atoms with Gasteiger partial charge in [-0.3, -0.25) is 0 Å². The highest BCUT2D eigenvalue weighted by Gasteiger charge is 1.84. The van der Waals surface area contributed by atoms with Gasteiger partial charge in [0.25, 0.3) is 0 Å². The van der Waals surface area contributed by atoms with Crippen molar-refractivity contribution >= 4 is 12.6 Å². The van der Waals surface area contributed by atoms with Crippen LogP contribution in [0.15, 0.2) is 29.2 Å². The van der Waals surface area contributed by atoms with Crippen molar-refractivity contribution in [2.75, 3.05) is 13.6 Å². The zero-order valence-corrected chi connectivity index (χ0v) is 7.86. The van der Waals surface area contributed by atoms with Gasteiger partial charge in [0.15, 0.2) is 0 Å². The summed E-state index contributed by atoms with van der Waals surface area (Å²) in [5.41, 5.74) is 1.03. The van der Waals surface area contributed by atoms with E-state index >= 15 is 0 Å². The van der Waals surface area contributed by atoms with Crippen LogP contribution in [0.5, 0.6) is 0 Å². The summed E-state index contributed by atoms with van der Waals surface area (Å²) in [6.45, 7) is 0.725. The minimum absolute atomic E-state index is 0.725. The van der Waals surface area contributed by atoms with Gasteiger partial charge in [-0.25, -0.2) is 0 Å². The normalized spacial score (nSPS) is 8.83. The maximum atomic E-state index is 4.18. The summed E-state index contributed by atoms with van der Waals surface area (Å²) < 4.78 is 0. The van der Waals surface area contributed by atoms with Gasteiger partial charge in [0.2, 0.25) is 0 Å². The Hall–Kier alpha value is -0.910. The SMILES string of the molecule is CNCC#Cc1ccc(S)cc1. The smallest absolute Gasteiger partial charge is 0.0577 e. The standard InChI is InChI=1S/C10H11NS/c1-11-8-2-3-9-4-6-10(12)7-5-9/h4-7,11-12H,8H2,1H3. The van der Waals surface area contributed by atoms with E-state index in [0.717, 1.165) is 17.0 Å². The molecule has 0 aromatic heterocycles. The van der Waals surface area contributed by atoms with Gasteiger partial charge in [0.05, 0.1) is 6.54 Å². The summed E-state index contributed by atoms with van der Waals surface area (Å²) >= 11 is 4.18. The maximum Gasteiger partial charge on any atom is 0.0577 e. The fourth-order valence-electron chi connectivity index (χ4n) is 0.779. The van der Waals surface area contributed by atoms with Crippen LogP contribution in [0.25, 0.3) is 0 Å². The van der Waals surface area contributed by atoms with E-state index in [2.05, 4.69) is 29.8 Å². The van der Waals surface area contributed by atoms with Gasteiger partial charge in [-0.15, -0.1) is 12.6 Å². The highest BCUT2D eigenvalue weighted by molar-refractivity contribution is 7.80. The van der Waals surface area contributed by atoms with Crippen LogP contribution in [0.4, 0.5) is 0 Å². The number of nitrogens with one attached hydrogen (secondary N) is 1. The van der Waals surface area contributed by atoms with Crippen molar-refractivity contribution in [2.24, 2.45) is 0 Å². The minimum Gasteiger partial charge on any atom is -0.309 e. The second kappa shape index (κ2) is 4.87. The van der Waals surface area contributed by atoms with E-state index < -0.39 is 0 Å². The molecule has 0 aliphatic carbocycles. The second-order valence-electron chi connectivity index (χ2n) is 2.38. The Morgan fingerprint density at radius 2 is 2.00 bits per heavy atom. The monoisotopic (exact) mass is 177 g/mol. The van der Waals surface area contributed by atoms with Gasteiger partial charge in [-0.05, 0) is 31.3 Å². The number of hydrogen-bond donors (Lipinski definition) is 2. The predicted molar refractivity (Wildman–Crippen MR) is 54.5 cm³/mol. The lowest BCUT2D eigenvalue weighted by Gasteiger charge is -1.90. The molecular formula is C10H11NS. The molecule has 0 saturated heterocycles. The van der Waals surface area contributed by atoms with Crippen LogP contribution < -0.4 is 5.32 Å². The topological polar surface area (TPSA) is 12.0 Å². The van der Waals surface area contributed by atoms with Crippen LogP contribution in [0, 0.1) is 11.8 Å². The predicted octanol–water partition coefficient (Wildman–Crippen LogP) is 1.55. The molecule has 1 rings (SSSR count). The molecular weight excluding hydrogens is 166 g/mol. The Morgan fingerprint density at radius 1 is 1.33 bits per heavy atom. The lowest BCUT2D eigenvalue weighted by Crippen LogP contribution is -2.04. The van der Waals surface area contributed by atoms with Gasteiger partial charge < -0.3 is 5.32 Å². The Morgan fingerprint density at radius 3 is 2.58 bits per heavy atom. The molecule has 1 aromatic rings. The van der Waals surface area contributed by atoms with Gasteiger partial charge in [-0.1, -0.05) is 11.8 Å². The first kappa shape index (κ1) is 9.18. The first-order valence-electron chi connectivity index (χ1n) is 3.75. The first-order valence-corrected chi connectivity index (χ1v) is 4.20. The summed E-state index contributed by atoms with van der Waals surface area (Å²) in [7, 11) is 1.88. The van der Waals surface area contributed by atoms with E-state index in [1.165, 1.54) is 0 Å². The fourth-order valence-corrected chi connectivity index (χ4v) is 0.928. The van der Waals surface area contributed by atoms with Crippen molar-refractivity contribution in [3.05, 3.63) is 29.8 Å². The molecule has 0 amide bonds. The molecule has 1 N–H and O–H groups in total. The second-order valence-corrected chi connectivity index (χ2v) is 2.90. The van der Waals surface area contributed by atoms with E-state index in [-0.39, 0.29) is 0 Å². The lowest BCUT2D eigenvalue weighted by molar-refractivity contribution is 0.938. The molecule has 1 aromatic carbocycles. The Bertz CT molecular complexity index is 292. The molecule has 0 bridgehead atoms. The van der Waals surface area contributed by atoms with Gasteiger partial charge >= 0.3 is 0 Å². The van der Waals surface area contributed by atoms with E-state index in [0.29, 0.717) is 0 Å². The zero-order valence-electron chi connectivity index (χ0n) is 6.96. The quantitative estimate of drug-likeness (QED) is 0.490. The molecule has 0 aliphatic rings. The third-order valence-electron chi connectivity index (χ3n) is 1.37. The average molecular weight is 177 g/mol. The van der Waals surface area contributed by atoms with Crippen molar-refractivity contribution in [3.8, 4) is 11.8 Å². The van der Waals surface area contributed by atoms with Crippen molar-refractivity contribution in [1.29, 1.82) is 0 Å². The molecule has 0 heterocycles. The molecule has 0 unspecified atom stereocenters. The summed E-state index contributed by atoms with van der Waals surface area (Å²) in [5.74, 6) is 6.01. The third-order valence-corrected chi connectivity index (χ3v) is 1.66. The van der Waals surface area contributed by atoms with Gasteiger partial charge in [0.1, 0.15) is 0 Å². The molecule has 0 saturated carbocycles. The van der Waals surface area contributed by atoms with E-state index in [1.54, 1.807) is 0 Å². The van der Waals surface area contributed by atoms with Gasteiger partial charge in [-0.2, -0.15) is 0 Å². The lowest BCUT2D eigenvalue weighted by atomic mass is 10.2. The van der Waals surface area contributed by atoms with Crippen LogP contribution in [-0.2, 0) is 0 Å². The third kappa shape index (κ3) is 3.00. The highest BCUT2D eigenvalue weighted by Crippen LogP contribution is 2.05. The first-order chi connectivity index (χ1) is 5.83. The highest BCUT2D eigenvalue weighted by atomic mass is 32.1. The molecule has 0 atom stereocenters. The van der Waals surface area contributed by atoms with Crippen LogP contribution >= 0.6 is 12.6 Å².